The van der Waals surface area contributed by atoms with Crippen LogP contribution in [0.4, 0.5) is 4.39 Å². The fourth-order valence-electron chi connectivity index (χ4n) is 2.88. The van der Waals surface area contributed by atoms with Gasteiger partial charge in [-0.2, -0.15) is 0 Å². The minimum absolute atomic E-state index is 0.107. The Hall–Kier alpha value is -2.40. The maximum atomic E-state index is 13.8. The third-order valence-corrected chi connectivity index (χ3v) is 4.32. The number of aromatic nitrogens is 2. The van der Waals surface area contributed by atoms with Crippen LogP contribution in [-0.2, 0) is 13.0 Å². The Bertz CT molecular complexity index is 887. The van der Waals surface area contributed by atoms with Crippen LogP contribution < -0.4 is 5.32 Å². The summed E-state index contributed by atoms with van der Waals surface area (Å²) in [7, 11) is 0. The SMILES string of the molecule is CCCn1c(CCNC(=O)c2c(F)cccc2Cl)nc2ccccc21. The Morgan fingerprint density at radius 2 is 2.04 bits per heavy atom. The Morgan fingerprint density at radius 3 is 2.80 bits per heavy atom. The van der Waals surface area contributed by atoms with E-state index in [9.17, 15) is 9.18 Å². The third-order valence-electron chi connectivity index (χ3n) is 4.00. The monoisotopic (exact) mass is 359 g/mol. The number of halogens is 2. The van der Waals surface area contributed by atoms with E-state index in [1.54, 1.807) is 0 Å². The third kappa shape index (κ3) is 3.66. The van der Waals surface area contributed by atoms with Crippen molar-refractivity contribution < 1.29 is 9.18 Å². The lowest BCUT2D eigenvalue weighted by molar-refractivity contribution is 0.0950. The van der Waals surface area contributed by atoms with E-state index in [4.69, 9.17) is 11.6 Å². The summed E-state index contributed by atoms with van der Waals surface area (Å²) in [6.45, 7) is 3.33. The van der Waals surface area contributed by atoms with Gasteiger partial charge in [0.2, 0.25) is 0 Å². The van der Waals surface area contributed by atoms with Crippen molar-refractivity contribution in [2.24, 2.45) is 0 Å². The number of rotatable bonds is 6. The topological polar surface area (TPSA) is 46.9 Å². The molecular formula is C19H19ClFN3O. The summed E-state index contributed by atoms with van der Waals surface area (Å²) in [6, 6.07) is 12.2. The van der Waals surface area contributed by atoms with Gasteiger partial charge in [-0.25, -0.2) is 9.37 Å². The van der Waals surface area contributed by atoms with Crippen LogP contribution >= 0.6 is 11.6 Å². The van der Waals surface area contributed by atoms with Crippen LogP contribution in [0, 0.1) is 5.82 Å². The molecule has 0 atom stereocenters. The molecule has 1 aromatic heterocycles. The molecule has 1 amide bonds. The summed E-state index contributed by atoms with van der Waals surface area (Å²) in [5, 5.41) is 2.83. The Kier molecular flexibility index (Phi) is 5.34. The number of benzene rings is 2. The van der Waals surface area contributed by atoms with Crippen molar-refractivity contribution in [2.75, 3.05) is 6.54 Å². The highest BCUT2D eigenvalue weighted by atomic mass is 35.5. The van der Waals surface area contributed by atoms with Crippen LogP contribution in [-0.4, -0.2) is 22.0 Å². The molecule has 1 heterocycles. The fraction of sp³-hybridized carbons (Fsp3) is 0.263. The number of hydrogen-bond donors (Lipinski definition) is 1. The minimum Gasteiger partial charge on any atom is -0.351 e. The molecule has 3 rings (SSSR count). The number of aryl methyl sites for hydroxylation is 1. The lowest BCUT2D eigenvalue weighted by atomic mass is 10.2. The standard InChI is InChI=1S/C19H19ClFN3O/c1-2-12-24-16-9-4-3-8-15(16)23-17(24)10-11-22-19(25)18-13(20)6-5-7-14(18)21/h3-9H,2,10-12H2,1H3,(H,22,25). The number of nitrogens with one attached hydrogen (secondary N) is 1. The molecular weight excluding hydrogens is 341 g/mol. The molecule has 0 spiro atoms. The molecule has 0 aliphatic rings. The van der Waals surface area contributed by atoms with Gasteiger partial charge >= 0.3 is 0 Å². The summed E-state index contributed by atoms with van der Waals surface area (Å²) in [5.74, 6) is -0.229. The van der Waals surface area contributed by atoms with E-state index in [2.05, 4.69) is 21.8 Å². The van der Waals surface area contributed by atoms with Crippen LogP contribution in [0.5, 0.6) is 0 Å². The van der Waals surface area contributed by atoms with Crippen LogP contribution in [0.25, 0.3) is 11.0 Å². The summed E-state index contributed by atoms with van der Waals surface area (Å²) < 4.78 is 16.0. The van der Waals surface area contributed by atoms with E-state index in [1.165, 1.54) is 18.2 Å². The van der Waals surface area contributed by atoms with E-state index in [1.807, 2.05) is 24.3 Å². The lowest BCUT2D eigenvalue weighted by Gasteiger charge is -2.10. The van der Waals surface area contributed by atoms with E-state index in [-0.39, 0.29) is 10.6 Å². The molecule has 0 aliphatic heterocycles. The van der Waals surface area contributed by atoms with Gasteiger partial charge in [-0.05, 0) is 30.7 Å². The fourth-order valence-corrected chi connectivity index (χ4v) is 3.13. The molecule has 0 saturated heterocycles. The first kappa shape index (κ1) is 17.4. The van der Waals surface area contributed by atoms with Crippen LogP contribution in [0.1, 0.15) is 29.5 Å². The Morgan fingerprint density at radius 1 is 1.24 bits per heavy atom. The van der Waals surface area contributed by atoms with E-state index < -0.39 is 11.7 Å². The van der Waals surface area contributed by atoms with Crippen LogP contribution in [0.3, 0.4) is 0 Å². The van der Waals surface area contributed by atoms with Crippen molar-refractivity contribution in [2.45, 2.75) is 26.3 Å². The maximum Gasteiger partial charge on any atom is 0.255 e. The Balaban J connectivity index is 1.73. The first-order valence-electron chi connectivity index (χ1n) is 8.28. The van der Waals surface area contributed by atoms with Gasteiger partial charge in [0.1, 0.15) is 11.6 Å². The largest absolute Gasteiger partial charge is 0.351 e. The van der Waals surface area contributed by atoms with Gasteiger partial charge in [0.05, 0.1) is 21.6 Å². The smallest absolute Gasteiger partial charge is 0.255 e. The van der Waals surface area contributed by atoms with Gasteiger partial charge in [-0.15, -0.1) is 0 Å². The maximum absolute atomic E-state index is 13.8. The summed E-state index contributed by atoms with van der Waals surface area (Å²) in [6.07, 6.45) is 1.55. The second-order valence-electron chi connectivity index (χ2n) is 5.77. The molecule has 3 aromatic rings. The zero-order valence-corrected chi connectivity index (χ0v) is 14.7. The zero-order chi connectivity index (χ0) is 17.8. The average Bonchev–Trinajstić information content (AvgIpc) is 2.93. The number of para-hydroxylation sites is 2. The predicted molar refractivity (Wildman–Crippen MR) is 97.5 cm³/mol. The highest BCUT2D eigenvalue weighted by molar-refractivity contribution is 6.33. The van der Waals surface area contributed by atoms with Gasteiger partial charge in [0, 0.05) is 19.5 Å². The molecule has 0 aliphatic carbocycles. The number of hydrogen-bond acceptors (Lipinski definition) is 2. The molecule has 25 heavy (non-hydrogen) atoms. The van der Waals surface area contributed by atoms with Crippen LogP contribution in [0.2, 0.25) is 5.02 Å². The number of fused-ring (bicyclic) bond motifs is 1. The van der Waals surface area contributed by atoms with E-state index in [0.717, 1.165) is 29.8 Å². The van der Waals surface area contributed by atoms with Gasteiger partial charge in [-0.1, -0.05) is 36.7 Å². The Labute approximate surface area is 150 Å². The van der Waals surface area contributed by atoms with Crippen molar-refractivity contribution >= 4 is 28.5 Å². The quantitative estimate of drug-likeness (QED) is 0.716. The lowest BCUT2D eigenvalue weighted by Crippen LogP contribution is -2.27. The second-order valence-corrected chi connectivity index (χ2v) is 6.18. The number of carbonyl (C=O) groups is 1. The van der Waals surface area contributed by atoms with E-state index >= 15 is 0 Å². The number of carbonyl (C=O) groups excluding carboxylic acids is 1. The molecule has 0 radical (unpaired) electrons. The normalized spacial score (nSPS) is 11.0. The van der Waals surface area contributed by atoms with Crippen molar-refractivity contribution in [3.63, 3.8) is 0 Å². The summed E-state index contributed by atoms with van der Waals surface area (Å²) in [5.41, 5.74) is 1.91. The van der Waals surface area contributed by atoms with Gasteiger partial charge in [0.25, 0.3) is 5.91 Å². The van der Waals surface area contributed by atoms with E-state index in [0.29, 0.717) is 13.0 Å². The number of imidazole rings is 1. The first-order chi connectivity index (χ1) is 12.1. The minimum atomic E-state index is -0.622. The second kappa shape index (κ2) is 7.66. The van der Waals surface area contributed by atoms with Gasteiger partial charge < -0.3 is 9.88 Å². The van der Waals surface area contributed by atoms with Crippen molar-refractivity contribution in [1.29, 1.82) is 0 Å². The average molecular weight is 360 g/mol. The number of nitrogens with zero attached hydrogens (tertiary/aromatic N) is 2. The molecule has 1 N–H and O–H groups in total. The molecule has 0 bridgehead atoms. The van der Waals surface area contributed by atoms with Crippen molar-refractivity contribution in [1.82, 2.24) is 14.9 Å². The highest BCUT2D eigenvalue weighted by Crippen LogP contribution is 2.19. The number of amides is 1. The predicted octanol–water partition coefficient (Wildman–Crippen LogP) is 4.21. The zero-order valence-electron chi connectivity index (χ0n) is 13.9. The molecule has 2 aromatic carbocycles. The first-order valence-corrected chi connectivity index (χ1v) is 8.66. The molecule has 130 valence electrons. The molecule has 0 saturated carbocycles. The molecule has 4 nitrogen and oxygen atoms in total. The van der Waals surface area contributed by atoms with Gasteiger partial charge in [-0.3, -0.25) is 4.79 Å². The molecule has 0 unspecified atom stereocenters. The van der Waals surface area contributed by atoms with Crippen molar-refractivity contribution in [3.8, 4) is 0 Å². The highest BCUT2D eigenvalue weighted by Gasteiger charge is 2.16. The summed E-state index contributed by atoms with van der Waals surface area (Å²) >= 11 is 5.92. The van der Waals surface area contributed by atoms with Gasteiger partial charge in [0.15, 0.2) is 0 Å². The molecule has 6 heteroatoms. The molecule has 0 fully saturated rings. The van der Waals surface area contributed by atoms with Crippen molar-refractivity contribution in [3.05, 3.63) is 64.7 Å². The van der Waals surface area contributed by atoms with Crippen LogP contribution in [0.15, 0.2) is 42.5 Å². The summed E-state index contributed by atoms with van der Waals surface area (Å²) in [4.78, 5) is 16.8.